The number of aliphatic hydroxyl groups excluding tert-OH is 1. The van der Waals surface area contributed by atoms with Gasteiger partial charge in [0.05, 0.1) is 52.5 Å². The van der Waals surface area contributed by atoms with Gasteiger partial charge in [-0.1, -0.05) is 0 Å². The molecule has 1 heterocycles. The van der Waals surface area contributed by atoms with Crippen molar-refractivity contribution in [2.75, 3.05) is 59.9 Å². The molecule has 0 saturated carbocycles. The molecule has 3 rings (SSSR count). The fourth-order valence-electron chi connectivity index (χ4n) is 3.56. The average Bonchev–Trinajstić information content (AvgIpc) is 2.90. The Kier molecular flexibility index (Phi) is 10.8. The van der Waals surface area contributed by atoms with E-state index in [1.807, 2.05) is 25.1 Å². The summed E-state index contributed by atoms with van der Waals surface area (Å²) in [5.41, 5.74) is 2.30. The molecule has 0 bridgehead atoms. The maximum Gasteiger partial charge on any atom is 0.273 e. The second-order valence-electron chi connectivity index (χ2n) is 7.70. The fourth-order valence-corrected chi connectivity index (χ4v) is 3.56. The SMILES string of the molecule is CCOc1cc(C2=NN(C(=O)c3ccc(OCCOCCOCCO)cc3)CCC2)ccc1OC. The number of hydrazone groups is 1. The van der Waals surface area contributed by atoms with Gasteiger partial charge in [0, 0.05) is 17.7 Å². The number of hydrogen-bond acceptors (Lipinski definition) is 8. The zero-order valence-corrected chi connectivity index (χ0v) is 20.4. The van der Waals surface area contributed by atoms with Gasteiger partial charge in [0.1, 0.15) is 12.4 Å². The normalized spacial score (nSPS) is 13.3. The zero-order chi connectivity index (χ0) is 24.9. The van der Waals surface area contributed by atoms with E-state index in [9.17, 15) is 4.79 Å². The highest BCUT2D eigenvalue weighted by Crippen LogP contribution is 2.29. The average molecular weight is 487 g/mol. The lowest BCUT2D eigenvalue weighted by Crippen LogP contribution is -2.32. The molecule has 0 aromatic heterocycles. The second kappa shape index (κ2) is 14.3. The van der Waals surface area contributed by atoms with Gasteiger partial charge >= 0.3 is 0 Å². The van der Waals surface area contributed by atoms with E-state index in [0.717, 1.165) is 24.1 Å². The largest absolute Gasteiger partial charge is 0.493 e. The smallest absolute Gasteiger partial charge is 0.273 e. The summed E-state index contributed by atoms with van der Waals surface area (Å²) in [6, 6.07) is 12.7. The van der Waals surface area contributed by atoms with Crippen LogP contribution in [-0.4, -0.2) is 81.6 Å². The first-order valence-electron chi connectivity index (χ1n) is 11.9. The molecular weight excluding hydrogens is 452 g/mol. The summed E-state index contributed by atoms with van der Waals surface area (Å²) in [4.78, 5) is 13.1. The van der Waals surface area contributed by atoms with Crippen LogP contribution in [0.2, 0.25) is 0 Å². The van der Waals surface area contributed by atoms with E-state index in [1.165, 1.54) is 5.01 Å². The van der Waals surface area contributed by atoms with Crippen molar-refractivity contribution in [3.8, 4) is 17.2 Å². The predicted molar refractivity (Wildman–Crippen MR) is 132 cm³/mol. The van der Waals surface area contributed by atoms with Crippen LogP contribution in [0.4, 0.5) is 0 Å². The van der Waals surface area contributed by atoms with Gasteiger partial charge in [0.25, 0.3) is 5.91 Å². The molecule has 35 heavy (non-hydrogen) atoms. The van der Waals surface area contributed by atoms with Gasteiger partial charge in [-0.15, -0.1) is 0 Å². The number of carbonyl (C=O) groups excluding carboxylic acids is 1. The summed E-state index contributed by atoms with van der Waals surface area (Å²) in [6.07, 6.45) is 1.61. The second-order valence-corrected chi connectivity index (χ2v) is 7.70. The Labute approximate surface area is 206 Å². The molecule has 0 aliphatic carbocycles. The molecule has 0 saturated heterocycles. The lowest BCUT2D eigenvalue weighted by atomic mass is 10.0. The van der Waals surface area contributed by atoms with Gasteiger partial charge in [-0.2, -0.15) is 5.10 Å². The van der Waals surface area contributed by atoms with Crippen molar-refractivity contribution in [2.45, 2.75) is 19.8 Å². The van der Waals surface area contributed by atoms with E-state index in [4.69, 9.17) is 28.8 Å². The van der Waals surface area contributed by atoms with Crippen molar-refractivity contribution in [1.82, 2.24) is 5.01 Å². The van der Waals surface area contributed by atoms with Crippen LogP contribution in [0, 0.1) is 0 Å². The minimum absolute atomic E-state index is 0.00483. The Hall–Kier alpha value is -3.14. The third-order valence-corrected chi connectivity index (χ3v) is 5.26. The van der Waals surface area contributed by atoms with Crippen LogP contribution in [0.1, 0.15) is 35.7 Å². The molecular formula is C26H34N2O7. The van der Waals surface area contributed by atoms with Gasteiger partial charge in [-0.25, -0.2) is 5.01 Å². The van der Waals surface area contributed by atoms with E-state index < -0.39 is 0 Å². The van der Waals surface area contributed by atoms with Gasteiger partial charge in [-0.3, -0.25) is 4.79 Å². The van der Waals surface area contributed by atoms with Crippen LogP contribution in [-0.2, 0) is 9.47 Å². The summed E-state index contributed by atoms with van der Waals surface area (Å²) in [5.74, 6) is 1.83. The number of rotatable bonds is 14. The maximum absolute atomic E-state index is 13.1. The van der Waals surface area contributed by atoms with Gasteiger partial charge in [0.2, 0.25) is 0 Å². The van der Waals surface area contributed by atoms with Crippen molar-refractivity contribution >= 4 is 11.6 Å². The number of hydrogen-bond donors (Lipinski definition) is 1. The van der Waals surface area contributed by atoms with Crippen LogP contribution >= 0.6 is 0 Å². The molecule has 0 unspecified atom stereocenters. The van der Waals surface area contributed by atoms with Crippen molar-refractivity contribution in [3.63, 3.8) is 0 Å². The number of methoxy groups -OCH3 is 1. The number of carbonyl (C=O) groups is 1. The quantitative estimate of drug-likeness (QED) is 0.410. The molecule has 1 amide bonds. The highest BCUT2D eigenvalue weighted by atomic mass is 16.5. The van der Waals surface area contributed by atoms with E-state index in [1.54, 1.807) is 31.4 Å². The molecule has 0 spiro atoms. The summed E-state index contributed by atoms with van der Waals surface area (Å²) in [5, 5.41) is 14.8. The molecule has 9 nitrogen and oxygen atoms in total. The topological polar surface area (TPSA) is 99.1 Å². The van der Waals surface area contributed by atoms with Crippen molar-refractivity contribution in [3.05, 3.63) is 53.6 Å². The van der Waals surface area contributed by atoms with Gasteiger partial charge in [0.15, 0.2) is 11.5 Å². The third-order valence-electron chi connectivity index (χ3n) is 5.26. The van der Waals surface area contributed by atoms with Gasteiger partial charge < -0.3 is 28.8 Å². The molecule has 1 N–H and O–H groups in total. The highest BCUT2D eigenvalue weighted by molar-refractivity contribution is 6.03. The number of nitrogens with zero attached hydrogens (tertiary/aromatic N) is 2. The molecule has 9 heteroatoms. The molecule has 0 atom stereocenters. The third kappa shape index (κ3) is 7.95. The Morgan fingerprint density at radius 3 is 2.43 bits per heavy atom. The number of aliphatic hydroxyl groups is 1. The Balaban J connectivity index is 1.55. The first kappa shape index (κ1) is 26.5. The Bertz CT molecular complexity index is 963. The molecule has 0 fully saturated rings. The van der Waals surface area contributed by atoms with Crippen LogP contribution < -0.4 is 14.2 Å². The molecule has 2 aromatic carbocycles. The minimum Gasteiger partial charge on any atom is -0.493 e. The predicted octanol–water partition coefficient (Wildman–Crippen LogP) is 3.14. The number of ether oxygens (including phenoxy) is 5. The molecule has 2 aromatic rings. The summed E-state index contributed by atoms with van der Waals surface area (Å²) < 4.78 is 27.2. The first-order valence-corrected chi connectivity index (χ1v) is 11.9. The Morgan fingerprint density at radius 1 is 0.971 bits per heavy atom. The monoisotopic (exact) mass is 486 g/mol. The van der Waals surface area contributed by atoms with E-state index in [0.29, 0.717) is 69.0 Å². The zero-order valence-electron chi connectivity index (χ0n) is 20.4. The van der Waals surface area contributed by atoms with Gasteiger partial charge in [-0.05, 0) is 62.2 Å². The van der Waals surface area contributed by atoms with Crippen LogP contribution in [0.25, 0.3) is 0 Å². The van der Waals surface area contributed by atoms with Crippen molar-refractivity contribution < 1.29 is 33.6 Å². The van der Waals surface area contributed by atoms with E-state index >= 15 is 0 Å². The maximum atomic E-state index is 13.1. The lowest BCUT2D eigenvalue weighted by molar-refractivity contribution is 0.0247. The number of benzene rings is 2. The summed E-state index contributed by atoms with van der Waals surface area (Å²) in [7, 11) is 1.61. The van der Waals surface area contributed by atoms with E-state index in [-0.39, 0.29) is 12.5 Å². The van der Waals surface area contributed by atoms with E-state index in [2.05, 4.69) is 5.10 Å². The standard InChI is InChI=1S/C26H34N2O7/c1-3-34-25-19-21(8-11-24(25)31-2)23-5-4-12-28(27-23)26(30)20-6-9-22(10-7-20)35-18-17-33-16-15-32-14-13-29/h6-11,19,29H,3-5,12-18H2,1-2H3. The summed E-state index contributed by atoms with van der Waals surface area (Å²) in [6.45, 7) is 5.02. The molecule has 0 radical (unpaired) electrons. The first-order chi connectivity index (χ1) is 17.2. The lowest BCUT2D eigenvalue weighted by Gasteiger charge is -2.24. The molecule has 1 aliphatic rings. The van der Waals surface area contributed by atoms with Crippen molar-refractivity contribution in [2.24, 2.45) is 5.10 Å². The van der Waals surface area contributed by atoms with Crippen LogP contribution in [0.5, 0.6) is 17.2 Å². The highest BCUT2D eigenvalue weighted by Gasteiger charge is 2.21. The molecule has 1 aliphatic heterocycles. The minimum atomic E-state index is -0.154. The number of amides is 1. The fraction of sp³-hybridized carbons (Fsp3) is 0.462. The van der Waals surface area contributed by atoms with Crippen LogP contribution in [0.15, 0.2) is 47.6 Å². The molecule has 190 valence electrons. The van der Waals surface area contributed by atoms with Crippen LogP contribution in [0.3, 0.4) is 0 Å². The Morgan fingerprint density at radius 2 is 1.71 bits per heavy atom. The van der Waals surface area contributed by atoms with Crippen molar-refractivity contribution in [1.29, 1.82) is 0 Å². The summed E-state index contributed by atoms with van der Waals surface area (Å²) >= 11 is 0.